The number of nitrogens with zero attached hydrogens (tertiary/aromatic N) is 2. The molecule has 0 aromatic carbocycles. The molecule has 2 fully saturated rings. The number of hydrogen-bond acceptors (Lipinski definition) is 2. The van der Waals surface area contributed by atoms with E-state index in [1.54, 1.807) is 0 Å². The van der Waals surface area contributed by atoms with Crippen molar-refractivity contribution >= 4 is 17.3 Å². The number of halogens is 1. The lowest BCUT2D eigenvalue weighted by Gasteiger charge is -2.40. The summed E-state index contributed by atoms with van der Waals surface area (Å²) < 4.78 is 0. The van der Waals surface area contributed by atoms with E-state index < -0.39 is 0 Å². The fourth-order valence-electron chi connectivity index (χ4n) is 3.56. The number of anilines is 1. The molecule has 1 aromatic rings. The lowest BCUT2D eigenvalue weighted by molar-refractivity contribution is 0.362. The Morgan fingerprint density at radius 1 is 1.29 bits per heavy atom. The van der Waals surface area contributed by atoms with Crippen LogP contribution in [0, 0.1) is 5.92 Å². The maximum Gasteiger partial charge on any atom is 0.0509 e. The first-order valence-electron chi connectivity index (χ1n) is 6.65. The highest BCUT2D eigenvalue weighted by molar-refractivity contribution is 6.17. The van der Waals surface area contributed by atoms with Gasteiger partial charge in [0.15, 0.2) is 0 Å². The monoisotopic (exact) mass is 250 g/mol. The van der Waals surface area contributed by atoms with E-state index in [4.69, 9.17) is 11.6 Å². The van der Waals surface area contributed by atoms with E-state index in [-0.39, 0.29) is 0 Å². The smallest absolute Gasteiger partial charge is 0.0509 e. The van der Waals surface area contributed by atoms with Gasteiger partial charge in [-0.15, -0.1) is 11.6 Å². The summed E-state index contributed by atoms with van der Waals surface area (Å²) in [5.74, 6) is 1.48. The van der Waals surface area contributed by atoms with Crippen molar-refractivity contribution in [3.05, 3.63) is 24.0 Å². The van der Waals surface area contributed by atoms with Crippen LogP contribution >= 0.6 is 11.6 Å². The molecule has 1 saturated heterocycles. The van der Waals surface area contributed by atoms with Crippen molar-refractivity contribution in [2.75, 3.05) is 11.4 Å². The van der Waals surface area contributed by atoms with Crippen LogP contribution in [0.1, 0.15) is 37.7 Å². The molecule has 0 spiro atoms. The van der Waals surface area contributed by atoms with Crippen molar-refractivity contribution in [2.24, 2.45) is 5.92 Å². The highest BCUT2D eigenvalue weighted by atomic mass is 35.5. The predicted molar refractivity (Wildman–Crippen MR) is 71.5 cm³/mol. The van der Waals surface area contributed by atoms with Crippen molar-refractivity contribution in [1.82, 2.24) is 4.98 Å². The Labute approximate surface area is 108 Å². The molecule has 0 amide bonds. The van der Waals surface area contributed by atoms with Crippen molar-refractivity contribution in [1.29, 1.82) is 0 Å². The minimum atomic E-state index is 0.567. The summed E-state index contributed by atoms with van der Waals surface area (Å²) in [7, 11) is 0. The molecule has 2 aliphatic rings. The van der Waals surface area contributed by atoms with Crippen LogP contribution in [0.15, 0.2) is 18.5 Å². The van der Waals surface area contributed by atoms with E-state index >= 15 is 0 Å². The first-order valence-corrected chi connectivity index (χ1v) is 7.19. The molecule has 17 heavy (non-hydrogen) atoms. The van der Waals surface area contributed by atoms with Crippen LogP contribution in [0.2, 0.25) is 0 Å². The summed E-state index contributed by atoms with van der Waals surface area (Å²) in [6, 6.07) is 2.89. The quantitative estimate of drug-likeness (QED) is 0.746. The van der Waals surface area contributed by atoms with Crippen molar-refractivity contribution in [3.8, 4) is 0 Å². The van der Waals surface area contributed by atoms with E-state index in [0.717, 1.165) is 12.0 Å². The van der Waals surface area contributed by atoms with E-state index in [9.17, 15) is 0 Å². The Morgan fingerprint density at radius 2 is 2.18 bits per heavy atom. The van der Waals surface area contributed by atoms with Gasteiger partial charge in [0.25, 0.3) is 0 Å². The lowest BCUT2D eigenvalue weighted by atomic mass is 9.91. The second-order valence-corrected chi connectivity index (χ2v) is 5.50. The summed E-state index contributed by atoms with van der Waals surface area (Å²) in [4.78, 5) is 6.78. The number of fused-ring (bicyclic) bond motifs is 1. The molecule has 92 valence electrons. The first kappa shape index (κ1) is 11.3. The number of alkyl halides is 1. The van der Waals surface area contributed by atoms with Gasteiger partial charge >= 0.3 is 0 Å². The van der Waals surface area contributed by atoms with Crippen LogP contribution in [0.5, 0.6) is 0 Å². The highest BCUT2D eigenvalue weighted by Crippen LogP contribution is 2.40. The van der Waals surface area contributed by atoms with Gasteiger partial charge in [0, 0.05) is 36.2 Å². The molecule has 0 N–H and O–H groups in total. The van der Waals surface area contributed by atoms with Gasteiger partial charge in [0.1, 0.15) is 0 Å². The third kappa shape index (κ3) is 2.03. The van der Waals surface area contributed by atoms with Gasteiger partial charge in [-0.1, -0.05) is 6.42 Å². The molecule has 2 nitrogen and oxygen atoms in total. The zero-order valence-electron chi connectivity index (χ0n) is 10.1. The van der Waals surface area contributed by atoms with Gasteiger partial charge in [0.05, 0.1) is 5.88 Å². The normalized spacial score (nSPS) is 28.2. The van der Waals surface area contributed by atoms with Gasteiger partial charge in [-0.3, -0.25) is 4.98 Å². The van der Waals surface area contributed by atoms with Gasteiger partial charge < -0.3 is 4.90 Å². The molecule has 2 heterocycles. The number of pyridine rings is 1. The molecule has 0 radical (unpaired) electrons. The Balaban J connectivity index is 1.91. The number of hydrogen-bond donors (Lipinski definition) is 0. The molecule has 1 aliphatic carbocycles. The molecule has 2 unspecified atom stereocenters. The zero-order valence-corrected chi connectivity index (χ0v) is 10.9. The summed E-state index contributed by atoms with van der Waals surface area (Å²) >= 11 is 6.03. The second-order valence-electron chi connectivity index (χ2n) is 5.23. The topological polar surface area (TPSA) is 16.1 Å². The van der Waals surface area contributed by atoms with Crippen molar-refractivity contribution in [3.63, 3.8) is 0 Å². The van der Waals surface area contributed by atoms with Gasteiger partial charge in [-0.2, -0.15) is 0 Å². The molecule has 0 bridgehead atoms. The van der Waals surface area contributed by atoms with E-state index in [2.05, 4.69) is 16.0 Å². The number of piperidine rings is 1. The minimum Gasteiger partial charge on any atom is -0.368 e. The lowest BCUT2D eigenvalue weighted by Crippen LogP contribution is -2.43. The molecule has 1 aromatic heterocycles. The fourth-order valence-corrected chi connectivity index (χ4v) is 3.76. The van der Waals surface area contributed by atoms with Crippen LogP contribution in [-0.4, -0.2) is 17.6 Å². The molecular formula is C14H19ClN2. The summed E-state index contributed by atoms with van der Waals surface area (Å²) in [6.45, 7) is 1.19. The molecule has 3 rings (SSSR count). The molecule has 1 saturated carbocycles. The minimum absolute atomic E-state index is 0.567. The average Bonchev–Trinajstić information content (AvgIpc) is 2.86. The van der Waals surface area contributed by atoms with Crippen molar-refractivity contribution in [2.45, 2.75) is 44.0 Å². The Hall–Kier alpha value is -0.760. The Kier molecular flexibility index (Phi) is 3.24. The van der Waals surface area contributed by atoms with Crippen LogP contribution in [0.3, 0.4) is 0 Å². The predicted octanol–water partition coefficient (Wildman–Crippen LogP) is 3.59. The maximum absolute atomic E-state index is 6.03. The summed E-state index contributed by atoms with van der Waals surface area (Å²) in [6.07, 6.45) is 10.7. The first-order chi connectivity index (χ1) is 8.40. The molecule has 2 atom stereocenters. The molecular weight excluding hydrogens is 232 g/mol. The maximum atomic E-state index is 6.03. The summed E-state index contributed by atoms with van der Waals surface area (Å²) in [5.41, 5.74) is 2.51. The van der Waals surface area contributed by atoms with E-state index in [0.29, 0.717) is 5.88 Å². The highest BCUT2D eigenvalue weighted by Gasteiger charge is 2.35. The van der Waals surface area contributed by atoms with Gasteiger partial charge in [-0.05, 0) is 37.7 Å². The zero-order chi connectivity index (χ0) is 11.7. The van der Waals surface area contributed by atoms with Crippen LogP contribution in [-0.2, 0) is 5.88 Å². The van der Waals surface area contributed by atoms with Gasteiger partial charge in [0.2, 0.25) is 0 Å². The second kappa shape index (κ2) is 4.85. The van der Waals surface area contributed by atoms with E-state index in [1.165, 1.54) is 49.9 Å². The average molecular weight is 251 g/mol. The Bertz CT molecular complexity index is 394. The SMILES string of the molecule is ClCc1cnccc1N1CCCC2CCCC21. The Morgan fingerprint density at radius 3 is 3.06 bits per heavy atom. The van der Waals surface area contributed by atoms with Gasteiger partial charge in [-0.25, -0.2) is 0 Å². The van der Waals surface area contributed by atoms with E-state index in [1.807, 2.05) is 12.4 Å². The van der Waals surface area contributed by atoms with Crippen LogP contribution < -0.4 is 4.90 Å². The van der Waals surface area contributed by atoms with Crippen molar-refractivity contribution < 1.29 is 0 Å². The largest absolute Gasteiger partial charge is 0.368 e. The standard InChI is InChI=1S/C14H19ClN2/c15-9-12-10-16-7-6-14(12)17-8-2-4-11-3-1-5-13(11)17/h6-7,10-11,13H,1-5,8-9H2. The van der Waals surface area contributed by atoms with Crippen LogP contribution in [0.25, 0.3) is 0 Å². The molecule has 3 heteroatoms. The fraction of sp³-hybridized carbons (Fsp3) is 0.643. The number of rotatable bonds is 2. The number of aromatic nitrogens is 1. The van der Waals surface area contributed by atoms with Crippen LogP contribution in [0.4, 0.5) is 5.69 Å². The summed E-state index contributed by atoms with van der Waals surface area (Å²) in [5, 5.41) is 0. The molecule has 1 aliphatic heterocycles. The third-order valence-electron chi connectivity index (χ3n) is 4.32. The third-order valence-corrected chi connectivity index (χ3v) is 4.61.